The van der Waals surface area contributed by atoms with Gasteiger partial charge in [-0.05, 0) is 27.6 Å². The molecule has 2 aromatic carbocycles. The Hall–Kier alpha value is -1.19. The molecule has 0 saturated heterocycles. The van der Waals surface area contributed by atoms with Gasteiger partial charge in [-0.2, -0.15) is 0 Å². The van der Waals surface area contributed by atoms with E-state index in [-0.39, 0.29) is 5.82 Å². The van der Waals surface area contributed by atoms with E-state index in [4.69, 9.17) is 0 Å². The number of nitrogens with one attached hydrogen (secondary N) is 1. The average Bonchev–Trinajstić information content (AvgIpc) is 2.36. The standard InChI is InChI=1S/C14H13BrFN/c15-13-8-4-7-12(14(13)16)10-17-9-11-5-2-1-3-6-11/h1-8,17H,9-10H2. The quantitative estimate of drug-likeness (QED) is 0.902. The third-order valence-electron chi connectivity index (χ3n) is 2.52. The third kappa shape index (κ3) is 3.38. The second kappa shape index (κ2) is 5.94. The molecule has 88 valence electrons. The molecular weight excluding hydrogens is 281 g/mol. The Labute approximate surface area is 109 Å². The van der Waals surface area contributed by atoms with Gasteiger partial charge in [-0.3, -0.25) is 0 Å². The monoisotopic (exact) mass is 293 g/mol. The molecule has 0 aromatic heterocycles. The van der Waals surface area contributed by atoms with E-state index < -0.39 is 0 Å². The maximum atomic E-state index is 13.6. The van der Waals surface area contributed by atoms with Gasteiger partial charge in [0.05, 0.1) is 4.47 Å². The van der Waals surface area contributed by atoms with Gasteiger partial charge < -0.3 is 5.32 Å². The maximum absolute atomic E-state index is 13.6. The Morgan fingerprint density at radius 1 is 0.941 bits per heavy atom. The van der Waals surface area contributed by atoms with E-state index in [2.05, 4.69) is 21.2 Å². The molecule has 17 heavy (non-hydrogen) atoms. The van der Waals surface area contributed by atoms with Crippen molar-refractivity contribution in [2.24, 2.45) is 0 Å². The van der Waals surface area contributed by atoms with Gasteiger partial charge in [0.2, 0.25) is 0 Å². The first-order valence-electron chi connectivity index (χ1n) is 5.45. The molecule has 0 saturated carbocycles. The number of rotatable bonds is 4. The minimum absolute atomic E-state index is 0.187. The average molecular weight is 294 g/mol. The lowest BCUT2D eigenvalue weighted by atomic mass is 10.2. The Bertz CT molecular complexity index is 485. The molecule has 0 amide bonds. The van der Waals surface area contributed by atoms with Crippen LogP contribution in [0.15, 0.2) is 53.0 Å². The predicted octanol–water partition coefficient (Wildman–Crippen LogP) is 3.88. The molecule has 0 aliphatic carbocycles. The summed E-state index contributed by atoms with van der Waals surface area (Å²) in [7, 11) is 0. The summed E-state index contributed by atoms with van der Waals surface area (Å²) in [4.78, 5) is 0. The summed E-state index contributed by atoms with van der Waals surface area (Å²) in [5.74, 6) is -0.187. The first-order chi connectivity index (χ1) is 8.27. The minimum Gasteiger partial charge on any atom is -0.309 e. The number of hydrogen-bond acceptors (Lipinski definition) is 1. The highest BCUT2D eigenvalue weighted by atomic mass is 79.9. The first-order valence-corrected chi connectivity index (χ1v) is 6.24. The van der Waals surface area contributed by atoms with Crippen molar-refractivity contribution in [3.63, 3.8) is 0 Å². The molecule has 0 fully saturated rings. The molecular formula is C14H13BrFN. The van der Waals surface area contributed by atoms with Crippen LogP contribution in [0.3, 0.4) is 0 Å². The molecule has 0 radical (unpaired) electrons. The molecule has 0 atom stereocenters. The van der Waals surface area contributed by atoms with Crippen molar-refractivity contribution < 1.29 is 4.39 Å². The van der Waals surface area contributed by atoms with Crippen LogP contribution in [0.5, 0.6) is 0 Å². The zero-order valence-corrected chi connectivity index (χ0v) is 10.9. The zero-order chi connectivity index (χ0) is 12.1. The highest BCUT2D eigenvalue weighted by Gasteiger charge is 2.04. The molecule has 3 heteroatoms. The third-order valence-corrected chi connectivity index (χ3v) is 3.13. The van der Waals surface area contributed by atoms with E-state index in [0.717, 1.165) is 6.54 Å². The van der Waals surface area contributed by atoms with Crippen LogP contribution in [0, 0.1) is 5.82 Å². The van der Waals surface area contributed by atoms with E-state index in [1.807, 2.05) is 36.4 Å². The molecule has 0 aliphatic heterocycles. The van der Waals surface area contributed by atoms with Gasteiger partial charge in [0.25, 0.3) is 0 Å². The van der Waals surface area contributed by atoms with Crippen LogP contribution in [0.1, 0.15) is 11.1 Å². The summed E-state index contributed by atoms with van der Waals surface area (Å²) < 4.78 is 14.2. The summed E-state index contributed by atoms with van der Waals surface area (Å²) in [6, 6.07) is 15.4. The Morgan fingerprint density at radius 3 is 2.47 bits per heavy atom. The summed E-state index contributed by atoms with van der Waals surface area (Å²) in [5.41, 5.74) is 1.87. The van der Waals surface area contributed by atoms with Gasteiger partial charge in [0.1, 0.15) is 5.82 Å². The number of halogens is 2. The topological polar surface area (TPSA) is 12.0 Å². The van der Waals surface area contributed by atoms with E-state index >= 15 is 0 Å². The van der Waals surface area contributed by atoms with Crippen molar-refractivity contribution >= 4 is 15.9 Å². The molecule has 0 bridgehead atoms. The van der Waals surface area contributed by atoms with Crippen molar-refractivity contribution in [1.29, 1.82) is 0 Å². The fourth-order valence-electron chi connectivity index (χ4n) is 1.62. The normalized spacial score (nSPS) is 10.5. The first kappa shape index (κ1) is 12.3. The zero-order valence-electron chi connectivity index (χ0n) is 9.29. The van der Waals surface area contributed by atoms with Crippen LogP contribution in [0.2, 0.25) is 0 Å². The van der Waals surface area contributed by atoms with Gasteiger partial charge >= 0.3 is 0 Å². The minimum atomic E-state index is -0.187. The lowest BCUT2D eigenvalue weighted by Crippen LogP contribution is -2.13. The lowest BCUT2D eigenvalue weighted by Gasteiger charge is -2.07. The molecule has 0 heterocycles. The van der Waals surface area contributed by atoms with Crippen molar-refractivity contribution in [2.45, 2.75) is 13.1 Å². The van der Waals surface area contributed by atoms with Crippen LogP contribution in [-0.2, 0) is 13.1 Å². The van der Waals surface area contributed by atoms with Gasteiger partial charge in [0, 0.05) is 18.7 Å². The van der Waals surface area contributed by atoms with Crippen LogP contribution in [-0.4, -0.2) is 0 Å². The number of hydrogen-bond donors (Lipinski definition) is 1. The molecule has 0 aliphatic rings. The van der Waals surface area contributed by atoms with Crippen LogP contribution < -0.4 is 5.32 Å². The Balaban J connectivity index is 1.93. The van der Waals surface area contributed by atoms with Crippen molar-refractivity contribution in [3.05, 3.63) is 69.9 Å². The molecule has 0 unspecified atom stereocenters. The maximum Gasteiger partial charge on any atom is 0.141 e. The fraction of sp³-hybridized carbons (Fsp3) is 0.143. The Kier molecular flexibility index (Phi) is 4.29. The largest absolute Gasteiger partial charge is 0.309 e. The van der Waals surface area contributed by atoms with E-state index in [1.54, 1.807) is 12.1 Å². The van der Waals surface area contributed by atoms with Gasteiger partial charge in [-0.25, -0.2) is 4.39 Å². The summed E-state index contributed by atoms with van der Waals surface area (Å²) in [5, 5.41) is 3.23. The van der Waals surface area contributed by atoms with Crippen molar-refractivity contribution in [1.82, 2.24) is 5.32 Å². The van der Waals surface area contributed by atoms with Crippen LogP contribution in [0.4, 0.5) is 4.39 Å². The van der Waals surface area contributed by atoms with Crippen LogP contribution in [0.25, 0.3) is 0 Å². The SMILES string of the molecule is Fc1c(Br)cccc1CNCc1ccccc1. The summed E-state index contributed by atoms with van der Waals surface area (Å²) in [6.45, 7) is 1.27. The summed E-state index contributed by atoms with van der Waals surface area (Å²) >= 11 is 3.18. The van der Waals surface area contributed by atoms with Crippen molar-refractivity contribution in [3.8, 4) is 0 Å². The van der Waals surface area contributed by atoms with E-state index in [0.29, 0.717) is 16.6 Å². The highest BCUT2D eigenvalue weighted by Crippen LogP contribution is 2.18. The highest BCUT2D eigenvalue weighted by molar-refractivity contribution is 9.10. The molecule has 0 spiro atoms. The lowest BCUT2D eigenvalue weighted by molar-refractivity contribution is 0.582. The number of benzene rings is 2. The molecule has 2 aromatic rings. The fourth-order valence-corrected chi connectivity index (χ4v) is 2.03. The van der Waals surface area contributed by atoms with Gasteiger partial charge in [-0.15, -0.1) is 0 Å². The van der Waals surface area contributed by atoms with E-state index in [9.17, 15) is 4.39 Å². The molecule has 1 N–H and O–H groups in total. The Morgan fingerprint density at radius 2 is 1.71 bits per heavy atom. The second-order valence-corrected chi connectivity index (χ2v) is 4.66. The molecule has 1 nitrogen and oxygen atoms in total. The van der Waals surface area contributed by atoms with Gasteiger partial charge in [-0.1, -0.05) is 42.5 Å². The predicted molar refractivity (Wildman–Crippen MR) is 71.1 cm³/mol. The van der Waals surface area contributed by atoms with E-state index in [1.165, 1.54) is 5.56 Å². The van der Waals surface area contributed by atoms with Crippen LogP contribution >= 0.6 is 15.9 Å². The molecule has 2 rings (SSSR count). The van der Waals surface area contributed by atoms with Gasteiger partial charge in [0.15, 0.2) is 0 Å². The van der Waals surface area contributed by atoms with Crippen molar-refractivity contribution in [2.75, 3.05) is 0 Å². The second-order valence-electron chi connectivity index (χ2n) is 3.80. The summed E-state index contributed by atoms with van der Waals surface area (Å²) in [6.07, 6.45) is 0. The smallest absolute Gasteiger partial charge is 0.141 e.